The summed E-state index contributed by atoms with van der Waals surface area (Å²) in [4.78, 5) is 0. The second-order valence-corrected chi connectivity index (χ2v) is 4.25. The Bertz CT molecular complexity index is 238. The highest BCUT2D eigenvalue weighted by Gasteiger charge is 2.52. The third kappa shape index (κ3) is 2.26. The fraction of sp³-hybridized carbons (Fsp3) is 1.00. The first-order chi connectivity index (χ1) is 6.91. The van der Waals surface area contributed by atoms with Crippen molar-refractivity contribution in [2.75, 3.05) is 13.2 Å². The lowest BCUT2D eigenvalue weighted by Gasteiger charge is -2.39. The molecular weight excluding hydrogens is 211 g/mol. The minimum atomic E-state index is -4.21. The summed E-state index contributed by atoms with van der Waals surface area (Å²) >= 11 is 0. The minimum Gasteiger partial charge on any atom is -0.347 e. The molecule has 1 aliphatic heterocycles. The number of hydrogen-bond donors (Lipinski definition) is 1. The van der Waals surface area contributed by atoms with E-state index in [1.807, 2.05) is 0 Å². The minimum absolute atomic E-state index is 0.0298. The standard InChI is InChI=1S/C9H14F3NO2/c10-9(11,12)6-3-7(13)5-8(4-6)14-1-2-15-8/h6-7H,1-5,13H2/t6-,7+/m0/s1. The Morgan fingerprint density at radius 3 is 2.27 bits per heavy atom. The molecule has 0 aromatic rings. The maximum Gasteiger partial charge on any atom is 0.392 e. The first-order valence-corrected chi connectivity index (χ1v) is 5.01. The Balaban J connectivity index is 2.10. The van der Waals surface area contributed by atoms with E-state index in [1.54, 1.807) is 0 Å². The molecule has 1 saturated heterocycles. The van der Waals surface area contributed by atoms with Gasteiger partial charge in [0.05, 0.1) is 19.1 Å². The molecule has 1 saturated carbocycles. The molecule has 3 nitrogen and oxygen atoms in total. The Labute approximate surface area is 85.7 Å². The Hall–Kier alpha value is -0.330. The predicted octanol–water partition coefficient (Wildman–Crippen LogP) is 1.42. The van der Waals surface area contributed by atoms with Crippen LogP contribution in [0.4, 0.5) is 13.2 Å². The van der Waals surface area contributed by atoms with Crippen molar-refractivity contribution < 1.29 is 22.6 Å². The SMILES string of the molecule is N[C@@H]1C[C@H](C(F)(F)F)CC2(C1)OCCO2. The second kappa shape index (κ2) is 3.61. The van der Waals surface area contributed by atoms with Crippen LogP contribution in [0, 0.1) is 5.92 Å². The van der Waals surface area contributed by atoms with Crippen molar-refractivity contribution in [3.05, 3.63) is 0 Å². The summed E-state index contributed by atoms with van der Waals surface area (Å²) in [5.74, 6) is -2.47. The van der Waals surface area contributed by atoms with Gasteiger partial charge in [0.2, 0.25) is 0 Å². The topological polar surface area (TPSA) is 44.5 Å². The lowest BCUT2D eigenvalue weighted by atomic mass is 9.81. The Kier molecular flexibility index (Phi) is 2.68. The maximum atomic E-state index is 12.6. The molecule has 2 N–H and O–H groups in total. The molecule has 0 amide bonds. The fourth-order valence-electron chi connectivity index (χ4n) is 2.37. The van der Waals surface area contributed by atoms with Crippen LogP contribution in [-0.2, 0) is 9.47 Å². The van der Waals surface area contributed by atoms with Crippen LogP contribution in [0.5, 0.6) is 0 Å². The van der Waals surface area contributed by atoms with Crippen molar-refractivity contribution in [3.63, 3.8) is 0 Å². The van der Waals surface area contributed by atoms with Crippen molar-refractivity contribution in [2.24, 2.45) is 11.7 Å². The van der Waals surface area contributed by atoms with Gasteiger partial charge in [0.15, 0.2) is 5.79 Å². The van der Waals surface area contributed by atoms with E-state index in [1.165, 1.54) is 0 Å². The van der Waals surface area contributed by atoms with Crippen molar-refractivity contribution in [2.45, 2.75) is 37.3 Å². The molecule has 6 heteroatoms. The summed E-state index contributed by atoms with van der Waals surface area (Å²) in [6.07, 6.45) is -4.00. The predicted molar refractivity (Wildman–Crippen MR) is 46.0 cm³/mol. The molecule has 15 heavy (non-hydrogen) atoms. The zero-order valence-corrected chi connectivity index (χ0v) is 8.22. The molecule has 2 rings (SSSR count). The molecule has 2 atom stereocenters. The lowest BCUT2D eigenvalue weighted by Crippen LogP contribution is -2.49. The molecule has 2 aliphatic rings. The molecule has 88 valence electrons. The van der Waals surface area contributed by atoms with Gasteiger partial charge in [-0.2, -0.15) is 13.2 Å². The molecule has 0 aromatic carbocycles. The van der Waals surface area contributed by atoms with Crippen molar-refractivity contribution >= 4 is 0 Å². The summed E-state index contributed by atoms with van der Waals surface area (Å²) in [6.45, 7) is 0.717. The third-order valence-corrected chi connectivity index (χ3v) is 2.99. The van der Waals surface area contributed by atoms with Crippen LogP contribution in [0.25, 0.3) is 0 Å². The van der Waals surface area contributed by atoms with E-state index >= 15 is 0 Å². The largest absolute Gasteiger partial charge is 0.392 e. The number of halogens is 3. The van der Waals surface area contributed by atoms with Gasteiger partial charge in [-0.15, -0.1) is 0 Å². The highest BCUT2D eigenvalue weighted by molar-refractivity contribution is 4.91. The van der Waals surface area contributed by atoms with Gasteiger partial charge in [0.1, 0.15) is 0 Å². The quantitative estimate of drug-likeness (QED) is 0.678. The van der Waals surface area contributed by atoms with Crippen LogP contribution in [0.2, 0.25) is 0 Å². The van der Waals surface area contributed by atoms with Crippen molar-refractivity contribution in [3.8, 4) is 0 Å². The van der Waals surface area contributed by atoms with Crippen molar-refractivity contribution in [1.82, 2.24) is 0 Å². The van der Waals surface area contributed by atoms with Crippen LogP contribution in [-0.4, -0.2) is 31.2 Å². The van der Waals surface area contributed by atoms with Gasteiger partial charge in [-0.25, -0.2) is 0 Å². The first-order valence-electron chi connectivity index (χ1n) is 5.01. The number of ether oxygens (including phenoxy) is 2. The summed E-state index contributed by atoms with van der Waals surface area (Å²) < 4.78 is 48.3. The van der Waals surface area contributed by atoms with Crippen LogP contribution in [0.3, 0.4) is 0 Å². The average molecular weight is 225 g/mol. The zero-order valence-electron chi connectivity index (χ0n) is 8.22. The highest BCUT2D eigenvalue weighted by Crippen LogP contribution is 2.44. The zero-order chi connectivity index (χ0) is 11.1. The second-order valence-electron chi connectivity index (χ2n) is 4.25. The average Bonchev–Trinajstić information content (AvgIpc) is 2.50. The number of rotatable bonds is 0. The van der Waals surface area contributed by atoms with E-state index in [0.717, 1.165) is 0 Å². The smallest absolute Gasteiger partial charge is 0.347 e. The molecule has 1 aliphatic carbocycles. The summed E-state index contributed by atoms with van der Waals surface area (Å²) in [5, 5.41) is 0. The van der Waals surface area contributed by atoms with Crippen LogP contribution < -0.4 is 5.73 Å². The lowest BCUT2D eigenvalue weighted by molar-refractivity contribution is -0.246. The van der Waals surface area contributed by atoms with E-state index in [9.17, 15) is 13.2 Å². The number of nitrogens with two attached hydrogens (primary N) is 1. The summed E-state index contributed by atoms with van der Waals surface area (Å²) in [6, 6.07) is -0.497. The van der Waals surface area contributed by atoms with E-state index in [4.69, 9.17) is 15.2 Å². The fourth-order valence-corrected chi connectivity index (χ4v) is 2.37. The van der Waals surface area contributed by atoms with E-state index < -0.39 is 23.9 Å². The van der Waals surface area contributed by atoms with E-state index in [-0.39, 0.29) is 12.8 Å². The van der Waals surface area contributed by atoms with Crippen LogP contribution in [0.15, 0.2) is 0 Å². The molecule has 0 unspecified atom stereocenters. The molecule has 0 radical (unpaired) electrons. The third-order valence-electron chi connectivity index (χ3n) is 2.99. The molecule has 2 fully saturated rings. The van der Waals surface area contributed by atoms with Gasteiger partial charge in [0.25, 0.3) is 0 Å². The summed E-state index contributed by atoms with van der Waals surface area (Å²) in [5.41, 5.74) is 5.62. The highest BCUT2D eigenvalue weighted by atomic mass is 19.4. The monoisotopic (exact) mass is 225 g/mol. The Morgan fingerprint density at radius 2 is 1.73 bits per heavy atom. The van der Waals surface area contributed by atoms with Crippen LogP contribution in [0.1, 0.15) is 19.3 Å². The van der Waals surface area contributed by atoms with Gasteiger partial charge >= 0.3 is 6.18 Å². The summed E-state index contributed by atoms with van der Waals surface area (Å²) in [7, 11) is 0. The molecule has 0 aromatic heterocycles. The number of alkyl halides is 3. The number of hydrogen-bond acceptors (Lipinski definition) is 3. The van der Waals surface area contributed by atoms with E-state index in [2.05, 4.69) is 0 Å². The van der Waals surface area contributed by atoms with Gasteiger partial charge < -0.3 is 15.2 Å². The maximum absolute atomic E-state index is 12.6. The first kappa shape index (κ1) is 11.2. The Morgan fingerprint density at radius 1 is 1.13 bits per heavy atom. The van der Waals surface area contributed by atoms with E-state index in [0.29, 0.717) is 19.6 Å². The van der Waals surface area contributed by atoms with Crippen LogP contribution >= 0.6 is 0 Å². The normalized spacial score (nSPS) is 36.0. The van der Waals surface area contributed by atoms with Crippen molar-refractivity contribution in [1.29, 1.82) is 0 Å². The molecule has 1 heterocycles. The van der Waals surface area contributed by atoms with Gasteiger partial charge in [0, 0.05) is 18.9 Å². The molecule has 1 spiro atoms. The molecular formula is C9H14F3NO2. The molecule has 0 bridgehead atoms. The van der Waals surface area contributed by atoms with Gasteiger partial charge in [-0.05, 0) is 6.42 Å². The van der Waals surface area contributed by atoms with Gasteiger partial charge in [-0.1, -0.05) is 0 Å². The van der Waals surface area contributed by atoms with Gasteiger partial charge in [-0.3, -0.25) is 0 Å².